The maximum absolute atomic E-state index is 6.18. The van der Waals surface area contributed by atoms with Crippen LogP contribution in [0.1, 0.15) is 68.7 Å². The molecule has 116 valence electrons. The fraction of sp³-hybridized carbons (Fsp3) is 1.00. The van der Waals surface area contributed by atoms with E-state index in [0.29, 0.717) is 0 Å². The lowest BCUT2D eigenvalue weighted by atomic mass is 10.1. The van der Waals surface area contributed by atoms with Crippen molar-refractivity contribution >= 4 is 9.05 Å². The van der Waals surface area contributed by atoms with Crippen LogP contribution in [0.5, 0.6) is 0 Å². The minimum Gasteiger partial charge on any atom is -0.349 e. The van der Waals surface area contributed by atoms with Crippen molar-refractivity contribution in [2.75, 3.05) is 0 Å². The molecule has 0 atom stereocenters. The summed E-state index contributed by atoms with van der Waals surface area (Å²) in [6.07, 6.45) is 0.858. The Bertz CT molecular complexity index is 225. The molecule has 0 aliphatic heterocycles. The molecule has 19 heavy (non-hydrogen) atoms. The third-order valence-corrected chi connectivity index (χ3v) is 5.48. The van der Waals surface area contributed by atoms with Crippen molar-refractivity contribution in [3.63, 3.8) is 0 Å². The molecular formula is C14H32O4Si. The van der Waals surface area contributed by atoms with Gasteiger partial charge in [0.05, 0.1) is 5.60 Å². The standard InChI is InChI=1S/C14H32O4Si/c1-10-14(8,9)18-19(15-11(2)3,16-12(4)5)17-13(6)7/h11-13H,10H2,1-9H3. The van der Waals surface area contributed by atoms with E-state index in [9.17, 15) is 0 Å². The second kappa shape index (κ2) is 7.74. The lowest BCUT2D eigenvalue weighted by molar-refractivity contribution is -0.112. The highest BCUT2D eigenvalue weighted by Gasteiger charge is 2.51. The molecule has 0 bridgehead atoms. The highest BCUT2D eigenvalue weighted by molar-refractivity contribution is 6.53. The van der Waals surface area contributed by atoms with E-state index in [1.807, 2.05) is 55.4 Å². The first kappa shape index (κ1) is 19.1. The minimum absolute atomic E-state index is 0.00294. The normalized spacial score (nSPS) is 13.9. The van der Waals surface area contributed by atoms with Gasteiger partial charge >= 0.3 is 9.05 Å². The van der Waals surface area contributed by atoms with Crippen LogP contribution >= 0.6 is 0 Å². The summed E-state index contributed by atoms with van der Waals surface area (Å²) in [6, 6.07) is 0. The molecule has 0 amide bonds. The van der Waals surface area contributed by atoms with Crippen molar-refractivity contribution in [1.29, 1.82) is 0 Å². The molecule has 5 heteroatoms. The zero-order valence-electron chi connectivity index (χ0n) is 14.1. The molecule has 0 fully saturated rings. The van der Waals surface area contributed by atoms with Crippen molar-refractivity contribution in [2.24, 2.45) is 0 Å². The Kier molecular flexibility index (Phi) is 7.76. The Labute approximate surface area is 120 Å². The summed E-state index contributed by atoms with van der Waals surface area (Å²) < 4.78 is 24.1. The predicted molar refractivity (Wildman–Crippen MR) is 79.9 cm³/mol. The molecule has 0 N–H and O–H groups in total. The van der Waals surface area contributed by atoms with Crippen LogP contribution in [-0.4, -0.2) is 33.0 Å². The molecule has 0 saturated heterocycles. The summed E-state index contributed by atoms with van der Waals surface area (Å²) in [4.78, 5) is 0. The van der Waals surface area contributed by atoms with Gasteiger partial charge in [-0.15, -0.1) is 0 Å². The van der Waals surface area contributed by atoms with Gasteiger partial charge in [0.1, 0.15) is 0 Å². The van der Waals surface area contributed by atoms with Crippen LogP contribution in [0.15, 0.2) is 0 Å². The Morgan fingerprint density at radius 1 is 0.789 bits per heavy atom. The van der Waals surface area contributed by atoms with E-state index >= 15 is 0 Å². The van der Waals surface area contributed by atoms with Crippen LogP contribution in [0.2, 0.25) is 0 Å². The van der Waals surface area contributed by atoms with E-state index in [1.165, 1.54) is 0 Å². The summed E-state index contributed by atoms with van der Waals surface area (Å²) >= 11 is 0. The molecule has 0 heterocycles. The molecule has 0 radical (unpaired) electrons. The average molecular weight is 292 g/mol. The summed E-state index contributed by atoms with van der Waals surface area (Å²) in [7, 11) is -3.14. The summed E-state index contributed by atoms with van der Waals surface area (Å²) in [6.45, 7) is 18.0. The molecule has 0 aliphatic carbocycles. The van der Waals surface area contributed by atoms with Gasteiger partial charge in [0.2, 0.25) is 0 Å². The molecule has 0 aromatic heterocycles. The summed E-state index contributed by atoms with van der Waals surface area (Å²) in [5.41, 5.74) is -0.328. The van der Waals surface area contributed by atoms with Crippen LogP contribution in [0.25, 0.3) is 0 Å². The van der Waals surface area contributed by atoms with Crippen molar-refractivity contribution in [3.05, 3.63) is 0 Å². The fourth-order valence-corrected chi connectivity index (χ4v) is 4.30. The van der Waals surface area contributed by atoms with Gasteiger partial charge in [-0.3, -0.25) is 0 Å². The maximum Gasteiger partial charge on any atom is 0.680 e. The van der Waals surface area contributed by atoms with Crippen molar-refractivity contribution in [1.82, 2.24) is 0 Å². The van der Waals surface area contributed by atoms with E-state index < -0.39 is 9.05 Å². The maximum atomic E-state index is 6.18. The van der Waals surface area contributed by atoms with Gasteiger partial charge in [-0.2, -0.15) is 0 Å². The van der Waals surface area contributed by atoms with Crippen molar-refractivity contribution in [2.45, 2.75) is 92.6 Å². The molecule has 0 unspecified atom stereocenters. The largest absolute Gasteiger partial charge is 0.680 e. The van der Waals surface area contributed by atoms with E-state index in [0.717, 1.165) is 6.42 Å². The lowest BCUT2D eigenvalue weighted by Gasteiger charge is -2.38. The first-order chi connectivity index (χ1) is 8.52. The van der Waals surface area contributed by atoms with Gasteiger partial charge in [-0.25, -0.2) is 0 Å². The SMILES string of the molecule is CCC(C)(C)O[Si](OC(C)C)(OC(C)C)OC(C)C. The first-order valence-electron chi connectivity index (χ1n) is 7.25. The quantitative estimate of drug-likeness (QED) is 0.604. The molecule has 4 nitrogen and oxygen atoms in total. The monoisotopic (exact) mass is 292 g/mol. The molecule has 0 saturated carbocycles. The van der Waals surface area contributed by atoms with E-state index in [-0.39, 0.29) is 23.9 Å². The van der Waals surface area contributed by atoms with Gasteiger partial charge < -0.3 is 17.7 Å². The summed E-state index contributed by atoms with van der Waals surface area (Å²) in [5.74, 6) is 0. The number of hydrogen-bond acceptors (Lipinski definition) is 4. The van der Waals surface area contributed by atoms with Gasteiger partial charge in [0.25, 0.3) is 0 Å². The molecule has 0 rings (SSSR count). The molecule has 0 aromatic rings. The first-order valence-corrected chi connectivity index (χ1v) is 8.89. The van der Waals surface area contributed by atoms with Crippen molar-refractivity contribution in [3.8, 4) is 0 Å². The molecule has 0 aliphatic rings. The average Bonchev–Trinajstić information content (AvgIpc) is 2.12. The smallest absolute Gasteiger partial charge is 0.349 e. The molecule has 0 spiro atoms. The fourth-order valence-electron chi connectivity index (χ4n) is 1.43. The van der Waals surface area contributed by atoms with Gasteiger partial charge in [-0.1, -0.05) is 6.92 Å². The Morgan fingerprint density at radius 3 is 1.32 bits per heavy atom. The van der Waals surface area contributed by atoms with E-state index in [1.54, 1.807) is 0 Å². The van der Waals surface area contributed by atoms with Crippen LogP contribution < -0.4 is 0 Å². The van der Waals surface area contributed by atoms with Crippen molar-refractivity contribution < 1.29 is 17.7 Å². The highest BCUT2D eigenvalue weighted by Crippen LogP contribution is 2.26. The molecule has 0 aromatic carbocycles. The minimum atomic E-state index is -3.14. The third kappa shape index (κ3) is 8.04. The zero-order chi connectivity index (χ0) is 15.3. The summed E-state index contributed by atoms with van der Waals surface area (Å²) in [5, 5.41) is 0. The lowest BCUT2D eigenvalue weighted by Crippen LogP contribution is -2.57. The van der Waals surface area contributed by atoms with Gasteiger partial charge in [-0.05, 0) is 61.8 Å². The number of rotatable bonds is 9. The van der Waals surface area contributed by atoms with E-state index in [2.05, 4.69) is 6.92 Å². The Balaban J connectivity index is 5.21. The second-order valence-electron chi connectivity index (χ2n) is 6.22. The number of hydrogen-bond donors (Lipinski definition) is 0. The van der Waals surface area contributed by atoms with Crippen LogP contribution in [-0.2, 0) is 17.7 Å². The van der Waals surface area contributed by atoms with Crippen LogP contribution in [0.3, 0.4) is 0 Å². The topological polar surface area (TPSA) is 36.9 Å². The highest BCUT2D eigenvalue weighted by atomic mass is 28.4. The Morgan fingerprint density at radius 2 is 1.11 bits per heavy atom. The van der Waals surface area contributed by atoms with Crippen LogP contribution in [0, 0.1) is 0 Å². The van der Waals surface area contributed by atoms with Gasteiger partial charge in [0.15, 0.2) is 0 Å². The predicted octanol–water partition coefficient (Wildman–Crippen LogP) is 3.90. The zero-order valence-corrected chi connectivity index (χ0v) is 15.1. The Hall–Kier alpha value is 0.0569. The molecular weight excluding hydrogens is 260 g/mol. The third-order valence-electron chi connectivity index (χ3n) is 2.39. The van der Waals surface area contributed by atoms with Gasteiger partial charge in [0, 0.05) is 18.3 Å². The van der Waals surface area contributed by atoms with Crippen LogP contribution in [0.4, 0.5) is 0 Å². The van der Waals surface area contributed by atoms with E-state index in [4.69, 9.17) is 17.7 Å². The second-order valence-corrected chi connectivity index (χ2v) is 8.13.